The highest BCUT2D eigenvalue weighted by atomic mass is 32.2. The molecule has 0 aromatic heterocycles. The van der Waals surface area contributed by atoms with E-state index in [1.54, 1.807) is 0 Å². The number of rotatable bonds is 3. The van der Waals surface area contributed by atoms with E-state index in [1.165, 1.54) is 12.1 Å². The van der Waals surface area contributed by atoms with Gasteiger partial charge in [0.05, 0.1) is 6.26 Å². The van der Waals surface area contributed by atoms with Gasteiger partial charge in [0.25, 0.3) is 10.1 Å². The van der Waals surface area contributed by atoms with Crippen molar-refractivity contribution in [1.29, 1.82) is 0 Å². The van der Waals surface area contributed by atoms with Gasteiger partial charge >= 0.3 is 10.1 Å². The van der Waals surface area contributed by atoms with Crippen LogP contribution in [0.2, 0.25) is 0 Å². The van der Waals surface area contributed by atoms with E-state index in [9.17, 15) is 16.8 Å². The second-order valence-electron chi connectivity index (χ2n) is 2.71. The third-order valence-electron chi connectivity index (χ3n) is 1.37. The lowest BCUT2D eigenvalue weighted by Gasteiger charge is -2.06. The first-order chi connectivity index (χ1) is 6.70. The normalized spacial score (nSPS) is 12.4. The number of para-hydroxylation sites is 1. The Morgan fingerprint density at radius 3 is 2.13 bits per heavy atom. The number of benzene rings is 1. The van der Waals surface area contributed by atoms with Gasteiger partial charge in [0, 0.05) is 0 Å². The summed E-state index contributed by atoms with van der Waals surface area (Å²) in [5.74, 6) is -0.428. The Hall–Kier alpha value is -1.12. The first kappa shape index (κ1) is 12.0. The van der Waals surface area contributed by atoms with Crippen LogP contribution < -0.4 is 4.18 Å². The zero-order valence-corrected chi connectivity index (χ0v) is 9.25. The quantitative estimate of drug-likeness (QED) is 0.612. The summed E-state index contributed by atoms with van der Waals surface area (Å²) in [7, 11) is -8.33. The molecule has 0 aliphatic carbocycles. The molecule has 84 valence electrons. The summed E-state index contributed by atoms with van der Waals surface area (Å²) in [6.45, 7) is 0. The molecule has 6 nitrogen and oxygen atoms in total. The summed E-state index contributed by atoms with van der Waals surface area (Å²) in [6.07, 6.45) is 0.772. The lowest BCUT2D eigenvalue weighted by molar-refractivity contribution is 0.466. The Balaban J connectivity index is 3.32. The first-order valence-corrected chi connectivity index (χ1v) is 6.92. The maximum Gasteiger partial charge on any atom is 0.306 e. The van der Waals surface area contributed by atoms with Crippen LogP contribution in [0.3, 0.4) is 0 Å². The monoisotopic (exact) mass is 252 g/mol. The second-order valence-corrected chi connectivity index (χ2v) is 5.67. The van der Waals surface area contributed by atoms with Crippen LogP contribution in [0.5, 0.6) is 5.75 Å². The van der Waals surface area contributed by atoms with E-state index >= 15 is 0 Å². The minimum atomic E-state index is -4.50. The first-order valence-electron chi connectivity index (χ1n) is 3.66. The molecule has 1 aromatic rings. The third kappa shape index (κ3) is 3.50. The molecule has 15 heavy (non-hydrogen) atoms. The third-order valence-corrected chi connectivity index (χ3v) is 2.74. The largest absolute Gasteiger partial charge is 0.381 e. The number of hydrogen-bond acceptors (Lipinski definition) is 5. The molecule has 0 aliphatic heterocycles. The fourth-order valence-electron chi connectivity index (χ4n) is 0.895. The molecule has 0 bridgehead atoms. The van der Waals surface area contributed by atoms with Gasteiger partial charge in [-0.05, 0) is 12.1 Å². The lowest BCUT2D eigenvalue weighted by atomic mass is 10.3. The van der Waals surface area contributed by atoms with Gasteiger partial charge in [-0.3, -0.25) is 4.55 Å². The van der Waals surface area contributed by atoms with Crippen molar-refractivity contribution in [3.05, 3.63) is 24.3 Å². The van der Waals surface area contributed by atoms with Crippen LogP contribution in [-0.4, -0.2) is 27.6 Å². The highest BCUT2D eigenvalue weighted by Gasteiger charge is 2.18. The van der Waals surface area contributed by atoms with Crippen molar-refractivity contribution >= 4 is 20.2 Å². The van der Waals surface area contributed by atoms with Gasteiger partial charge in [-0.1, -0.05) is 12.1 Å². The molecular formula is C7H8O6S2. The van der Waals surface area contributed by atoms with E-state index in [-0.39, 0.29) is 0 Å². The van der Waals surface area contributed by atoms with E-state index in [2.05, 4.69) is 4.18 Å². The van der Waals surface area contributed by atoms with Gasteiger partial charge in [-0.25, -0.2) is 0 Å². The topological polar surface area (TPSA) is 97.7 Å². The molecule has 0 unspecified atom stereocenters. The van der Waals surface area contributed by atoms with E-state index < -0.39 is 30.9 Å². The summed E-state index contributed by atoms with van der Waals surface area (Å²) in [5.41, 5.74) is 0. The van der Waals surface area contributed by atoms with Crippen LogP contribution in [0.4, 0.5) is 0 Å². The molecule has 0 aliphatic rings. The molecule has 1 N–H and O–H groups in total. The zero-order valence-electron chi connectivity index (χ0n) is 7.61. The molecule has 0 atom stereocenters. The van der Waals surface area contributed by atoms with Crippen LogP contribution in [0.25, 0.3) is 0 Å². The molecule has 0 saturated heterocycles. The van der Waals surface area contributed by atoms with Crippen molar-refractivity contribution in [2.24, 2.45) is 0 Å². The van der Waals surface area contributed by atoms with Crippen LogP contribution in [0.1, 0.15) is 0 Å². The maximum absolute atomic E-state index is 10.8. The molecule has 0 spiro atoms. The van der Waals surface area contributed by atoms with Crippen molar-refractivity contribution in [3.8, 4) is 5.75 Å². The van der Waals surface area contributed by atoms with E-state index in [0.29, 0.717) is 0 Å². The van der Waals surface area contributed by atoms with E-state index in [1.807, 2.05) is 0 Å². The second kappa shape index (κ2) is 3.80. The Bertz CT molecular complexity index is 557. The lowest BCUT2D eigenvalue weighted by Crippen LogP contribution is -2.09. The predicted molar refractivity (Wildman–Crippen MR) is 51.7 cm³/mol. The molecule has 0 fully saturated rings. The Morgan fingerprint density at radius 1 is 1.13 bits per heavy atom. The average Bonchev–Trinajstić information content (AvgIpc) is 1.99. The Kier molecular flexibility index (Phi) is 3.03. The average molecular weight is 252 g/mol. The van der Waals surface area contributed by atoms with Crippen molar-refractivity contribution in [2.45, 2.75) is 4.90 Å². The zero-order chi connectivity index (χ0) is 11.7. The molecule has 0 heterocycles. The highest BCUT2D eigenvalue weighted by molar-refractivity contribution is 7.87. The van der Waals surface area contributed by atoms with E-state index in [4.69, 9.17) is 4.55 Å². The molecule has 0 saturated carbocycles. The van der Waals surface area contributed by atoms with Gasteiger partial charge < -0.3 is 4.18 Å². The molecule has 0 radical (unpaired) electrons. The van der Waals surface area contributed by atoms with Crippen molar-refractivity contribution < 1.29 is 25.6 Å². The van der Waals surface area contributed by atoms with Gasteiger partial charge in [-0.2, -0.15) is 16.8 Å². The SMILES string of the molecule is CS(=O)(=O)Oc1ccccc1S(=O)(=O)O. The van der Waals surface area contributed by atoms with Crippen LogP contribution in [0.15, 0.2) is 29.2 Å². The van der Waals surface area contributed by atoms with Gasteiger partial charge in [0.15, 0.2) is 5.75 Å². The molecule has 1 aromatic carbocycles. The summed E-state index contributed by atoms with van der Waals surface area (Å²) in [5, 5.41) is 0. The minimum absolute atomic E-state index is 0.428. The smallest absolute Gasteiger partial charge is 0.306 e. The maximum atomic E-state index is 10.8. The van der Waals surface area contributed by atoms with Crippen molar-refractivity contribution in [3.63, 3.8) is 0 Å². The van der Waals surface area contributed by atoms with Crippen molar-refractivity contribution in [2.75, 3.05) is 6.26 Å². The fourth-order valence-corrected chi connectivity index (χ4v) is 2.03. The highest BCUT2D eigenvalue weighted by Crippen LogP contribution is 2.23. The predicted octanol–water partition coefficient (Wildman–Crippen LogP) is 0.272. The molecule has 8 heteroatoms. The summed E-state index contributed by atoms with van der Waals surface area (Å²) in [6, 6.07) is 4.88. The summed E-state index contributed by atoms with van der Waals surface area (Å²) < 4.78 is 56.4. The van der Waals surface area contributed by atoms with Crippen LogP contribution in [0, 0.1) is 0 Å². The fraction of sp³-hybridized carbons (Fsp3) is 0.143. The summed E-state index contributed by atoms with van der Waals surface area (Å²) in [4.78, 5) is -0.588. The molecule has 1 rings (SSSR count). The van der Waals surface area contributed by atoms with E-state index in [0.717, 1.165) is 18.4 Å². The van der Waals surface area contributed by atoms with Gasteiger partial charge in [-0.15, -0.1) is 0 Å². The molecule has 0 amide bonds. The minimum Gasteiger partial charge on any atom is -0.381 e. The van der Waals surface area contributed by atoms with Crippen LogP contribution in [-0.2, 0) is 20.2 Å². The Morgan fingerprint density at radius 2 is 1.67 bits per heavy atom. The van der Waals surface area contributed by atoms with Gasteiger partial charge in [0.1, 0.15) is 4.90 Å². The van der Waals surface area contributed by atoms with Crippen molar-refractivity contribution in [1.82, 2.24) is 0 Å². The van der Waals surface area contributed by atoms with Crippen LogP contribution >= 0.6 is 0 Å². The van der Waals surface area contributed by atoms with Gasteiger partial charge in [0.2, 0.25) is 0 Å². The number of hydrogen-bond donors (Lipinski definition) is 1. The summed E-state index contributed by atoms with van der Waals surface area (Å²) >= 11 is 0. The molecular weight excluding hydrogens is 244 g/mol. The Labute approximate surface area is 87.4 Å². The standard InChI is InChI=1S/C7H8O6S2/c1-14(8,9)13-6-4-2-3-5-7(6)15(10,11)12/h2-5H,1H3,(H,10,11,12).